The Bertz CT molecular complexity index is 1400. The van der Waals surface area contributed by atoms with Crippen LogP contribution in [0.3, 0.4) is 0 Å². The predicted octanol–water partition coefficient (Wildman–Crippen LogP) is 5.41. The average Bonchev–Trinajstić information content (AvgIpc) is 3.37. The maximum atomic E-state index is 11.9. The SMILES string of the molecule is Cc1cc(N2CCc3c(c(C)nn3CC34CCC(OC(N)=O)(CC3)C(C(C)(C)C)C4)C2)c2ccn(C)c2n1. The Morgan fingerprint density at radius 1 is 1.21 bits per heavy atom. The number of carbonyl (C=O) groups is 1. The first kappa shape index (κ1) is 25.3. The van der Waals surface area contributed by atoms with Gasteiger partial charge in [-0.15, -0.1) is 0 Å². The van der Waals surface area contributed by atoms with Crippen molar-refractivity contribution in [2.24, 2.45) is 29.5 Å². The zero-order chi connectivity index (χ0) is 27.0. The number of aromatic nitrogens is 4. The molecule has 7 rings (SSSR count). The molecule has 1 atom stereocenters. The minimum absolute atomic E-state index is 0.0347. The van der Waals surface area contributed by atoms with Crippen LogP contribution in [0.15, 0.2) is 18.3 Å². The van der Waals surface area contributed by atoms with Crippen molar-refractivity contribution in [1.29, 1.82) is 0 Å². The minimum Gasteiger partial charge on any atom is -0.443 e. The zero-order valence-electron chi connectivity index (χ0n) is 23.8. The van der Waals surface area contributed by atoms with Crippen LogP contribution in [0, 0.1) is 30.6 Å². The van der Waals surface area contributed by atoms with Crippen molar-refractivity contribution < 1.29 is 9.53 Å². The van der Waals surface area contributed by atoms with Gasteiger partial charge < -0.3 is 19.9 Å². The summed E-state index contributed by atoms with van der Waals surface area (Å²) in [6.45, 7) is 13.9. The second kappa shape index (κ2) is 8.48. The lowest BCUT2D eigenvalue weighted by molar-refractivity contribution is -0.172. The summed E-state index contributed by atoms with van der Waals surface area (Å²) in [5.74, 6) is 0.288. The number of hydrogen-bond acceptors (Lipinski definition) is 5. The van der Waals surface area contributed by atoms with E-state index in [-0.39, 0.29) is 16.7 Å². The normalized spacial score (nSPS) is 27.1. The predicted molar refractivity (Wildman–Crippen MR) is 149 cm³/mol. The molecule has 204 valence electrons. The fourth-order valence-corrected chi connectivity index (χ4v) is 7.98. The van der Waals surface area contributed by atoms with Crippen molar-refractivity contribution >= 4 is 22.8 Å². The number of primary amides is 1. The van der Waals surface area contributed by atoms with Crippen LogP contribution in [-0.2, 0) is 31.3 Å². The highest BCUT2D eigenvalue weighted by molar-refractivity contribution is 5.90. The Labute approximate surface area is 225 Å². The molecule has 2 bridgehead atoms. The third kappa shape index (κ3) is 3.98. The molecule has 1 aliphatic heterocycles. The van der Waals surface area contributed by atoms with Gasteiger partial charge in [-0.05, 0) is 68.9 Å². The number of carbonyl (C=O) groups excluding carboxylic acids is 1. The number of amides is 1. The van der Waals surface area contributed by atoms with Crippen molar-refractivity contribution in [2.75, 3.05) is 11.4 Å². The van der Waals surface area contributed by atoms with Crippen LogP contribution in [0.5, 0.6) is 0 Å². The molecule has 3 aromatic heterocycles. The smallest absolute Gasteiger partial charge is 0.405 e. The van der Waals surface area contributed by atoms with Gasteiger partial charge in [-0.2, -0.15) is 5.10 Å². The molecular formula is C30H42N6O2. The van der Waals surface area contributed by atoms with Crippen LogP contribution in [0.2, 0.25) is 0 Å². The molecule has 1 unspecified atom stereocenters. The quantitative estimate of drug-likeness (QED) is 0.499. The lowest BCUT2D eigenvalue weighted by Crippen LogP contribution is -2.59. The van der Waals surface area contributed by atoms with E-state index in [2.05, 4.69) is 74.1 Å². The highest BCUT2D eigenvalue weighted by Gasteiger charge is 2.59. The number of aryl methyl sites for hydroxylation is 3. The molecule has 0 aromatic carbocycles. The van der Waals surface area contributed by atoms with Crippen molar-refractivity contribution in [2.45, 2.75) is 91.8 Å². The first-order valence-corrected chi connectivity index (χ1v) is 14.1. The number of anilines is 1. The second-order valence-electron chi connectivity index (χ2n) is 13.4. The van der Waals surface area contributed by atoms with Crippen LogP contribution in [0.1, 0.15) is 75.5 Å². The molecule has 3 aromatic rings. The number of pyridine rings is 1. The largest absolute Gasteiger partial charge is 0.443 e. The summed E-state index contributed by atoms with van der Waals surface area (Å²) in [6.07, 6.45) is 7.38. The molecule has 1 amide bonds. The number of rotatable bonds is 4. The van der Waals surface area contributed by atoms with Crippen molar-refractivity contribution in [3.63, 3.8) is 0 Å². The Kier molecular flexibility index (Phi) is 5.64. The first-order valence-electron chi connectivity index (χ1n) is 14.1. The van der Waals surface area contributed by atoms with Crippen LogP contribution >= 0.6 is 0 Å². The summed E-state index contributed by atoms with van der Waals surface area (Å²) in [5, 5.41) is 6.34. The third-order valence-electron chi connectivity index (χ3n) is 9.88. The highest BCUT2D eigenvalue weighted by atomic mass is 16.6. The Morgan fingerprint density at radius 3 is 2.63 bits per heavy atom. The second-order valence-corrected chi connectivity index (χ2v) is 13.4. The van der Waals surface area contributed by atoms with Gasteiger partial charge in [0.15, 0.2) is 0 Å². The van der Waals surface area contributed by atoms with Gasteiger partial charge in [0, 0.05) is 73.2 Å². The van der Waals surface area contributed by atoms with E-state index in [9.17, 15) is 4.79 Å². The molecule has 38 heavy (non-hydrogen) atoms. The molecule has 4 heterocycles. The molecule has 3 fully saturated rings. The summed E-state index contributed by atoms with van der Waals surface area (Å²) < 4.78 is 10.3. The van der Waals surface area contributed by atoms with E-state index in [0.29, 0.717) is 0 Å². The number of fused-ring (bicyclic) bond motifs is 5. The number of hydrogen-bond donors (Lipinski definition) is 1. The standard InChI is InChI=1S/C30H42N6O2/c1-19-15-24(21-7-13-34(6)26(21)32-19)35-14-8-23-22(17-35)20(2)33-36(23)18-29-9-11-30(12-10-29,38-27(31)37)25(16-29)28(3,4)5/h7,13,15,25H,8-12,14,16-18H2,1-6H3,(H2,31,37). The lowest BCUT2D eigenvalue weighted by atomic mass is 9.49. The van der Waals surface area contributed by atoms with Gasteiger partial charge in [0.1, 0.15) is 11.2 Å². The number of nitrogens with zero attached hydrogens (tertiary/aromatic N) is 5. The molecule has 3 aliphatic carbocycles. The summed E-state index contributed by atoms with van der Waals surface area (Å²) >= 11 is 0. The number of ether oxygens (including phenoxy) is 1. The molecule has 0 spiro atoms. The minimum atomic E-state index is -0.632. The fourth-order valence-electron chi connectivity index (χ4n) is 7.98. The van der Waals surface area contributed by atoms with E-state index in [0.717, 1.165) is 75.2 Å². The van der Waals surface area contributed by atoms with Crippen LogP contribution in [-0.4, -0.2) is 37.6 Å². The van der Waals surface area contributed by atoms with Gasteiger partial charge >= 0.3 is 6.09 Å². The van der Waals surface area contributed by atoms with Crippen molar-refractivity contribution in [3.8, 4) is 0 Å². The Hall–Kier alpha value is -3.03. The third-order valence-corrected chi connectivity index (χ3v) is 9.88. The summed E-state index contributed by atoms with van der Waals surface area (Å²) in [6, 6.07) is 4.41. The molecule has 2 N–H and O–H groups in total. The fraction of sp³-hybridized carbons (Fsp3) is 0.633. The lowest BCUT2D eigenvalue weighted by Gasteiger charge is -2.60. The summed E-state index contributed by atoms with van der Waals surface area (Å²) in [7, 11) is 2.06. The molecule has 8 nitrogen and oxygen atoms in total. The van der Waals surface area contributed by atoms with Gasteiger partial charge in [-0.1, -0.05) is 20.8 Å². The van der Waals surface area contributed by atoms with E-state index >= 15 is 0 Å². The highest BCUT2D eigenvalue weighted by Crippen LogP contribution is 2.61. The van der Waals surface area contributed by atoms with Gasteiger partial charge in [-0.3, -0.25) is 4.68 Å². The monoisotopic (exact) mass is 518 g/mol. The molecule has 0 saturated heterocycles. The maximum Gasteiger partial charge on any atom is 0.405 e. The number of nitrogens with two attached hydrogens (primary N) is 1. The topological polar surface area (TPSA) is 91.2 Å². The van der Waals surface area contributed by atoms with Gasteiger partial charge in [0.05, 0.1) is 5.69 Å². The molecule has 3 saturated carbocycles. The average molecular weight is 519 g/mol. The van der Waals surface area contributed by atoms with Crippen LogP contribution < -0.4 is 10.6 Å². The van der Waals surface area contributed by atoms with Gasteiger partial charge in [0.2, 0.25) is 0 Å². The van der Waals surface area contributed by atoms with E-state index < -0.39 is 11.7 Å². The maximum absolute atomic E-state index is 11.9. The molecule has 8 heteroatoms. The molecule has 0 radical (unpaired) electrons. The molecule has 4 aliphatic rings. The van der Waals surface area contributed by atoms with Crippen molar-refractivity contribution in [3.05, 3.63) is 41.0 Å². The van der Waals surface area contributed by atoms with E-state index in [1.807, 2.05) is 0 Å². The van der Waals surface area contributed by atoms with Crippen LogP contribution in [0.4, 0.5) is 10.5 Å². The first-order chi connectivity index (χ1) is 17.9. The van der Waals surface area contributed by atoms with Gasteiger partial charge in [-0.25, -0.2) is 9.78 Å². The van der Waals surface area contributed by atoms with Gasteiger partial charge in [0.25, 0.3) is 0 Å². The zero-order valence-corrected chi connectivity index (χ0v) is 23.8. The van der Waals surface area contributed by atoms with E-state index in [1.165, 1.54) is 22.3 Å². The summed E-state index contributed by atoms with van der Waals surface area (Å²) in [5.41, 5.74) is 12.6. The van der Waals surface area contributed by atoms with E-state index in [4.69, 9.17) is 20.6 Å². The van der Waals surface area contributed by atoms with Crippen LogP contribution in [0.25, 0.3) is 11.0 Å². The van der Waals surface area contributed by atoms with E-state index in [1.54, 1.807) is 0 Å². The summed E-state index contributed by atoms with van der Waals surface area (Å²) in [4.78, 5) is 19.1. The van der Waals surface area contributed by atoms with Crippen molar-refractivity contribution in [1.82, 2.24) is 19.3 Å². The molecular weight excluding hydrogens is 476 g/mol. The Balaban J connectivity index is 1.28. The Morgan fingerprint density at radius 2 is 1.95 bits per heavy atom.